The number of nitrogens with one attached hydrogen (secondary N) is 2. The molecule has 3 aliphatic heterocycles. The monoisotopic (exact) mass is 479 g/mol. The molecule has 0 saturated carbocycles. The Balaban J connectivity index is 0.00000243. The molecule has 3 aliphatic rings. The maximum atomic E-state index is 5.58. The highest BCUT2D eigenvalue weighted by molar-refractivity contribution is 14.0. The maximum absolute atomic E-state index is 5.58. The number of fused-ring (bicyclic) bond motifs is 2. The minimum atomic E-state index is 0. The van der Waals surface area contributed by atoms with E-state index in [1.165, 1.54) is 32.1 Å². The van der Waals surface area contributed by atoms with Gasteiger partial charge in [0.05, 0.1) is 0 Å². The van der Waals surface area contributed by atoms with E-state index in [0.29, 0.717) is 6.04 Å². The normalized spacial score (nSPS) is 32.0. The van der Waals surface area contributed by atoms with Gasteiger partial charge >= 0.3 is 0 Å². The number of ether oxygens (including phenoxy) is 1. The third-order valence-electron chi connectivity index (χ3n) is 6.86. The Labute approximate surface area is 176 Å². The predicted octanol–water partition coefficient (Wildman–Crippen LogP) is 1.90. The Morgan fingerprint density at radius 2 is 1.81 bits per heavy atom. The van der Waals surface area contributed by atoms with Gasteiger partial charge in [-0.1, -0.05) is 6.42 Å². The minimum Gasteiger partial charge on any atom is -0.381 e. The zero-order chi connectivity index (χ0) is 17.9. The van der Waals surface area contributed by atoms with E-state index in [4.69, 9.17) is 4.74 Å². The van der Waals surface area contributed by atoms with Crippen LogP contribution in [0.5, 0.6) is 0 Å². The highest BCUT2D eigenvalue weighted by Gasteiger charge is 2.37. The maximum Gasteiger partial charge on any atom is 0.191 e. The number of guanidine groups is 1. The van der Waals surface area contributed by atoms with Crippen LogP contribution in [0.1, 0.15) is 44.9 Å². The quantitative estimate of drug-likeness (QED) is 0.367. The van der Waals surface area contributed by atoms with Gasteiger partial charge < -0.3 is 25.2 Å². The molecule has 0 aromatic carbocycles. The number of halogens is 1. The molecular weight excluding hydrogens is 441 g/mol. The lowest BCUT2D eigenvalue weighted by molar-refractivity contribution is -0.00510. The van der Waals surface area contributed by atoms with Gasteiger partial charge in [0.1, 0.15) is 0 Å². The number of nitrogens with zero attached hydrogens (tertiary/aromatic N) is 3. The van der Waals surface area contributed by atoms with E-state index < -0.39 is 0 Å². The first-order chi connectivity index (χ1) is 12.0. The fraction of sp³-hybridized carbons (Fsp3) is 0.947. The summed E-state index contributed by atoms with van der Waals surface area (Å²) in [7, 11) is 8.56. The Morgan fingerprint density at radius 1 is 1.19 bits per heavy atom. The standard InChI is InChI=1S/C19H37N5O.HI/c1-20-18(21-14-19(23(2)3)8-10-25-11-9-19)22-15-12-16-6-5-7-17(13-15)24(16)4;/h15-17H,5-14H2,1-4H3,(H2,20,21,22);1H. The van der Waals surface area contributed by atoms with Crippen LogP contribution in [-0.4, -0.2) is 87.4 Å². The molecule has 2 atom stereocenters. The van der Waals surface area contributed by atoms with Crippen LogP contribution in [0.2, 0.25) is 0 Å². The van der Waals surface area contributed by atoms with Crippen molar-refractivity contribution in [1.82, 2.24) is 20.4 Å². The van der Waals surface area contributed by atoms with Gasteiger partial charge in [-0.15, -0.1) is 24.0 Å². The highest BCUT2D eigenvalue weighted by Crippen LogP contribution is 2.32. The zero-order valence-corrected chi connectivity index (χ0v) is 19.3. The van der Waals surface area contributed by atoms with Gasteiger partial charge in [-0.05, 0) is 59.7 Å². The van der Waals surface area contributed by atoms with Gasteiger partial charge in [-0.3, -0.25) is 4.99 Å². The molecule has 0 aromatic rings. The van der Waals surface area contributed by atoms with Gasteiger partial charge in [0.2, 0.25) is 0 Å². The van der Waals surface area contributed by atoms with Gasteiger partial charge in [-0.25, -0.2) is 0 Å². The summed E-state index contributed by atoms with van der Waals surface area (Å²) in [6.07, 6.45) is 8.71. The van der Waals surface area contributed by atoms with Crippen molar-refractivity contribution >= 4 is 29.9 Å². The predicted molar refractivity (Wildman–Crippen MR) is 119 cm³/mol. The van der Waals surface area contributed by atoms with Crippen molar-refractivity contribution < 1.29 is 4.74 Å². The Bertz CT molecular complexity index is 453. The first-order valence-corrected chi connectivity index (χ1v) is 9.98. The van der Waals surface area contributed by atoms with Gasteiger partial charge in [0, 0.05) is 50.5 Å². The largest absolute Gasteiger partial charge is 0.381 e. The van der Waals surface area contributed by atoms with E-state index in [-0.39, 0.29) is 29.5 Å². The summed E-state index contributed by atoms with van der Waals surface area (Å²) in [6, 6.07) is 2.03. The van der Waals surface area contributed by atoms with E-state index in [1.54, 1.807) is 0 Å². The number of piperidine rings is 2. The van der Waals surface area contributed by atoms with Gasteiger partial charge in [0.15, 0.2) is 5.96 Å². The fourth-order valence-electron chi connectivity index (χ4n) is 4.90. The number of aliphatic imine (C=N–C) groups is 1. The molecule has 3 rings (SSSR count). The summed E-state index contributed by atoms with van der Waals surface area (Å²) in [5.74, 6) is 0.959. The molecule has 0 amide bonds. The molecule has 2 bridgehead atoms. The van der Waals surface area contributed by atoms with Crippen molar-refractivity contribution in [1.29, 1.82) is 0 Å². The SMILES string of the molecule is CN=C(NCC1(N(C)C)CCOCC1)NC1CC2CCCC(C1)N2C.I. The summed E-state index contributed by atoms with van der Waals surface area (Å²) in [5, 5.41) is 7.33. The van der Waals surface area contributed by atoms with E-state index in [0.717, 1.165) is 50.6 Å². The molecule has 3 fully saturated rings. The molecule has 152 valence electrons. The smallest absolute Gasteiger partial charge is 0.191 e. The van der Waals surface area contributed by atoms with E-state index >= 15 is 0 Å². The molecule has 0 aliphatic carbocycles. The third-order valence-corrected chi connectivity index (χ3v) is 6.86. The minimum absolute atomic E-state index is 0. The molecule has 6 nitrogen and oxygen atoms in total. The summed E-state index contributed by atoms with van der Waals surface area (Å²) in [4.78, 5) is 9.47. The van der Waals surface area contributed by atoms with Crippen molar-refractivity contribution in [3.8, 4) is 0 Å². The van der Waals surface area contributed by atoms with Crippen LogP contribution < -0.4 is 10.6 Å². The van der Waals surface area contributed by atoms with Crippen LogP contribution in [0.25, 0.3) is 0 Å². The second kappa shape index (κ2) is 9.89. The van der Waals surface area contributed by atoms with Crippen molar-refractivity contribution in [3.63, 3.8) is 0 Å². The van der Waals surface area contributed by atoms with Crippen molar-refractivity contribution in [2.24, 2.45) is 4.99 Å². The topological polar surface area (TPSA) is 52.1 Å². The lowest BCUT2D eigenvalue weighted by Crippen LogP contribution is -2.59. The first-order valence-electron chi connectivity index (χ1n) is 9.98. The summed E-state index contributed by atoms with van der Waals surface area (Å²) < 4.78 is 5.58. The third kappa shape index (κ3) is 5.02. The van der Waals surface area contributed by atoms with Crippen LogP contribution in [0.3, 0.4) is 0 Å². The second-order valence-corrected chi connectivity index (χ2v) is 8.37. The molecular formula is C19H38IN5O. The molecule has 26 heavy (non-hydrogen) atoms. The molecule has 0 aromatic heterocycles. The molecule has 3 saturated heterocycles. The van der Waals surface area contributed by atoms with Crippen LogP contribution >= 0.6 is 24.0 Å². The lowest BCUT2D eigenvalue weighted by Gasteiger charge is -2.47. The Hall–Kier alpha value is -0.120. The number of likely N-dealkylation sites (N-methyl/N-ethyl adjacent to an activating group) is 1. The Morgan fingerprint density at radius 3 is 2.35 bits per heavy atom. The second-order valence-electron chi connectivity index (χ2n) is 8.37. The Kier molecular flexibility index (Phi) is 8.43. The van der Waals surface area contributed by atoms with Crippen LogP contribution in [-0.2, 0) is 4.74 Å². The molecule has 7 heteroatoms. The summed E-state index contributed by atoms with van der Waals surface area (Å²) in [5.41, 5.74) is 0.166. The van der Waals surface area contributed by atoms with Crippen LogP contribution in [0, 0.1) is 0 Å². The number of hydrogen-bond donors (Lipinski definition) is 2. The van der Waals surface area contributed by atoms with E-state index in [2.05, 4.69) is 46.6 Å². The van der Waals surface area contributed by atoms with Gasteiger partial charge in [0.25, 0.3) is 0 Å². The van der Waals surface area contributed by atoms with E-state index in [1.807, 2.05) is 7.05 Å². The molecule has 0 radical (unpaired) electrons. The fourth-order valence-corrected chi connectivity index (χ4v) is 4.90. The summed E-state index contributed by atoms with van der Waals surface area (Å²) in [6.45, 7) is 2.62. The first kappa shape index (κ1) is 22.2. The highest BCUT2D eigenvalue weighted by atomic mass is 127. The number of rotatable bonds is 4. The molecule has 3 heterocycles. The van der Waals surface area contributed by atoms with Gasteiger partial charge in [-0.2, -0.15) is 0 Å². The van der Waals surface area contributed by atoms with Crippen LogP contribution in [0.15, 0.2) is 4.99 Å². The van der Waals surface area contributed by atoms with Crippen LogP contribution in [0.4, 0.5) is 0 Å². The molecule has 0 spiro atoms. The lowest BCUT2D eigenvalue weighted by atomic mass is 9.82. The average molecular weight is 479 g/mol. The van der Waals surface area contributed by atoms with Crippen molar-refractivity contribution in [2.45, 2.75) is 68.6 Å². The zero-order valence-electron chi connectivity index (χ0n) is 17.0. The number of hydrogen-bond acceptors (Lipinski definition) is 4. The van der Waals surface area contributed by atoms with E-state index in [9.17, 15) is 0 Å². The van der Waals surface area contributed by atoms with Crippen molar-refractivity contribution in [2.75, 3.05) is 47.9 Å². The van der Waals surface area contributed by atoms with Crippen molar-refractivity contribution in [3.05, 3.63) is 0 Å². The average Bonchev–Trinajstić information content (AvgIpc) is 2.60. The molecule has 2 N–H and O–H groups in total. The molecule has 2 unspecified atom stereocenters. The summed E-state index contributed by atoms with van der Waals surface area (Å²) >= 11 is 0.